The highest BCUT2D eigenvalue weighted by Crippen LogP contribution is 2.33. The van der Waals surface area contributed by atoms with Gasteiger partial charge in [0.15, 0.2) is 0 Å². The van der Waals surface area contributed by atoms with Gasteiger partial charge in [-0.05, 0) is 32.1 Å². The minimum Gasteiger partial charge on any atom is -0.481 e. The Bertz CT molecular complexity index is 313. The molecule has 1 aliphatic heterocycles. The number of hydrogen-bond donors (Lipinski definition) is 2. The molecule has 2 rings (SSSR count). The SMILES string of the molecule is CCC1CN(CC2(O)CCC(C(=O)O)CC2)CCO1. The maximum atomic E-state index is 10.9. The summed E-state index contributed by atoms with van der Waals surface area (Å²) in [7, 11) is 0. The zero-order valence-corrected chi connectivity index (χ0v) is 11.7. The standard InChI is InChI=1S/C14H25NO4/c1-2-12-9-15(7-8-19-12)10-14(18)5-3-11(4-6-14)13(16)17/h11-12,18H,2-10H2,1H3,(H,16,17). The van der Waals surface area contributed by atoms with Gasteiger partial charge in [0.1, 0.15) is 0 Å². The van der Waals surface area contributed by atoms with Gasteiger partial charge < -0.3 is 14.9 Å². The summed E-state index contributed by atoms with van der Waals surface area (Å²) in [5.41, 5.74) is -0.707. The summed E-state index contributed by atoms with van der Waals surface area (Å²) in [5.74, 6) is -0.993. The van der Waals surface area contributed by atoms with Crippen LogP contribution in [0.15, 0.2) is 0 Å². The van der Waals surface area contributed by atoms with Crippen molar-refractivity contribution in [1.82, 2.24) is 4.90 Å². The molecule has 0 aromatic rings. The molecule has 1 aliphatic carbocycles. The maximum Gasteiger partial charge on any atom is 0.306 e. The second-order valence-corrected chi connectivity index (χ2v) is 5.97. The lowest BCUT2D eigenvalue weighted by atomic mass is 9.78. The Labute approximate surface area is 114 Å². The summed E-state index contributed by atoms with van der Waals surface area (Å²) in [6, 6.07) is 0. The van der Waals surface area contributed by atoms with E-state index in [1.54, 1.807) is 0 Å². The third-order valence-corrected chi connectivity index (χ3v) is 4.46. The molecule has 0 amide bonds. The molecular weight excluding hydrogens is 246 g/mol. The van der Waals surface area contributed by atoms with Crippen molar-refractivity contribution in [2.75, 3.05) is 26.2 Å². The molecule has 1 saturated carbocycles. The molecule has 0 aromatic heterocycles. The second kappa shape index (κ2) is 6.20. The summed E-state index contributed by atoms with van der Waals surface area (Å²) in [6.07, 6.45) is 3.64. The molecule has 0 radical (unpaired) electrons. The first kappa shape index (κ1) is 14.8. The van der Waals surface area contributed by atoms with Crippen LogP contribution in [0.4, 0.5) is 0 Å². The first-order valence-electron chi connectivity index (χ1n) is 7.31. The van der Waals surface area contributed by atoms with E-state index in [1.807, 2.05) is 0 Å². The van der Waals surface area contributed by atoms with Crippen molar-refractivity contribution in [3.63, 3.8) is 0 Å². The number of carboxylic acid groups (broad SMARTS) is 1. The van der Waals surface area contributed by atoms with E-state index in [0.29, 0.717) is 32.2 Å². The summed E-state index contributed by atoms with van der Waals surface area (Å²) < 4.78 is 5.63. The third kappa shape index (κ3) is 3.91. The molecular formula is C14H25NO4. The normalized spacial score (nSPS) is 37.2. The van der Waals surface area contributed by atoms with Crippen molar-refractivity contribution in [3.05, 3.63) is 0 Å². The Balaban J connectivity index is 1.83. The summed E-state index contributed by atoms with van der Waals surface area (Å²) in [5, 5.41) is 19.6. The average molecular weight is 271 g/mol. The van der Waals surface area contributed by atoms with Crippen molar-refractivity contribution < 1.29 is 19.7 Å². The first-order chi connectivity index (χ1) is 9.02. The van der Waals surface area contributed by atoms with E-state index in [9.17, 15) is 9.90 Å². The van der Waals surface area contributed by atoms with Crippen molar-refractivity contribution in [2.45, 2.75) is 50.7 Å². The molecule has 0 spiro atoms. The van der Waals surface area contributed by atoms with E-state index in [2.05, 4.69) is 11.8 Å². The van der Waals surface area contributed by atoms with Crippen molar-refractivity contribution in [1.29, 1.82) is 0 Å². The van der Waals surface area contributed by atoms with Crippen LogP contribution >= 0.6 is 0 Å². The number of rotatable bonds is 4. The van der Waals surface area contributed by atoms with Crippen LogP contribution < -0.4 is 0 Å². The molecule has 1 heterocycles. The molecule has 19 heavy (non-hydrogen) atoms. The Morgan fingerprint density at radius 3 is 2.68 bits per heavy atom. The fourth-order valence-corrected chi connectivity index (χ4v) is 3.15. The molecule has 1 atom stereocenters. The molecule has 0 aromatic carbocycles. The van der Waals surface area contributed by atoms with Gasteiger partial charge in [-0.25, -0.2) is 0 Å². The van der Waals surface area contributed by atoms with Crippen LogP contribution in [0.2, 0.25) is 0 Å². The molecule has 2 aliphatic rings. The molecule has 1 saturated heterocycles. The maximum absolute atomic E-state index is 10.9. The summed E-state index contributed by atoms with van der Waals surface area (Å²) in [6.45, 7) is 5.23. The fraction of sp³-hybridized carbons (Fsp3) is 0.929. The number of carboxylic acids is 1. The Morgan fingerprint density at radius 2 is 2.11 bits per heavy atom. The van der Waals surface area contributed by atoms with Gasteiger partial charge in [-0.15, -0.1) is 0 Å². The highest BCUT2D eigenvalue weighted by atomic mass is 16.5. The molecule has 2 N–H and O–H groups in total. The number of aliphatic carboxylic acids is 1. The van der Waals surface area contributed by atoms with E-state index in [0.717, 1.165) is 26.1 Å². The second-order valence-electron chi connectivity index (χ2n) is 5.97. The summed E-state index contributed by atoms with van der Waals surface area (Å²) >= 11 is 0. The van der Waals surface area contributed by atoms with Crippen LogP contribution in [0, 0.1) is 5.92 Å². The van der Waals surface area contributed by atoms with E-state index in [4.69, 9.17) is 9.84 Å². The lowest BCUT2D eigenvalue weighted by molar-refractivity contribution is -0.145. The zero-order valence-electron chi connectivity index (χ0n) is 11.7. The largest absolute Gasteiger partial charge is 0.481 e. The van der Waals surface area contributed by atoms with Gasteiger partial charge in [0.2, 0.25) is 0 Å². The van der Waals surface area contributed by atoms with Gasteiger partial charge in [-0.2, -0.15) is 0 Å². The van der Waals surface area contributed by atoms with E-state index >= 15 is 0 Å². The predicted octanol–water partition coefficient (Wildman–Crippen LogP) is 1.10. The number of β-amino-alcohol motifs (C(OH)–C–C–N with tert-alkyl or cyclic N) is 1. The van der Waals surface area contributed by atoms with Crippen molar-refractivity contribution in [3.8, 4) is 0 Å². The van der Waals surface area contributed by atoms with Crippen LogP contribution in [0.3, 0.4) is 0 Å². The third-order valence-electron chi connectivity index (χ3n) is 4.46. The molecule has 0 bridgehead atoms. The Kier molecular flexibility index (Phi) is 4.81. The van der Waals surface area contributed by atoms with E-state index in [-0.39, 0.29) is 12.0 Å². The number of hydrogen-bond acceptors (Lipinski definition) is 4. The van der Waals surface area contributed by atoms with Crippen molar-refractivity contribution in [2.24, 2.45) is 5.92 Å². The molecule has 2 fully saturated rings. The minimum absolute atomic E-state index is 0.270. The van der Waals surface area contributed by atoms with Gasteiger partial charge in [0.05, 0.1) is 24.2 Å². The van der Waals surface area contributed by atoms with Crippen LogP contribution in [-0.4, -0.2) is 59.0 Å². The summed E-state index contributed by atoms with van der Waals surface area (Å²) in [4.78, 5) is 13.2. The van der Waals surface area contributed by atoms with Crippen LogP contribution in [0.25, 0.3) is 0 Å². The monoisotopic (exact) mass is 271 g/mol. The van der Waals surface area contributed by atoms with Crippen molar-refractivity contribution >= 4 is 5.97 Å². The van der Waals surface area contributed by atoms with E-state index < -0.39 is 11.6 Å². The van der Waals surface area contributed by atoms with Gasteiger partial charge in [0.25, 0.3) is 0 Å². The van der Waals surface area contributed by atoms with Crippen LogP contribution in [-0.2, 0) is 9.53 Å². The van der Waals surface area contributed by atoms with Gasteiger partial charge in [0, 0.05) is 19.6 Å². The van der Waals surface area contributed by atoms with Gasteiger partial charge >= 0.3 is 5.97 Å². The molecule has 5 nitrogen and oxygen atoms in total. The first-order valence-corrected chi connectivity index (χ1v) is 7.31. The highest BCUT2D eigenvalue weighted by molar-refractivity contribution is 5.70. The zero-order chi connectivity index (χ0) is 13.9. The number of carbonyl (C=O) groups is 1. The Morgan fingerprint density at radius 1 is 1.42 bits per heavy atom. The molecule has 5 heteroatoms. The van der Waals surface area contributed by atoms with Gasteiger partial charge in [-0.1, -0.05) is 6.92 Å². The number of ether oxygens (including phenoxy) is 1. The number of nitrogens with zero attached hydrogens (tertiary/aromatic N) is 1. The van der Waals surface area contributed by atoms with Gasteiger partial charge in [-0.3, -0.25) is 9.69 Å². The lowest BCUT2D eigenvalue weighted by Crippen LogP contribution is -2.51. The lowest BCUT2D eigenvalue weighted by Gasteiger charge is -2.41. The minimum atomic E-state index is -0.723. The topological polar surface area (TPSA) is 70.0 Å². The van der Waals surface area contributed by atoms with Crippen LogP contribution in [0.1, 0.15) is 39.0 Å². The molecule has 1 unspecified atom stereocenters. The average Bonchev–Trinajstić information content (AvgIpc) is 2.39. The predicted molar refractivity (Wildman–Crippen MR) is 71.0 cm³/mol. The number of morpholine rings is 1. The fourth-order valence-electron chi connectivity index (χ4n) is 3.15. The quantitative estimate of drug-likeness (QED) is 0.801. The smallest absolute Gasteiger partial charge is 0.306 e. The van der Waals surface area contributed by atoms with E-state index in [1.165, 1.54) is 0 Å². The highest BCUT2D eigenvalue weighted by Gasteiger charge is 2.37. The molecule has 110 valence electrons. The Hall–Kier alpha value is -0.650. The number of aliphatic hydroxyl groups is 1. The van der Waals surface area contributed by atoms with Crippen LogP contribution in [0.5, 0.6) is 0 Å².